The van der Waals surface area contributed by atoms with Crippen molar-refractivity contribution in [2.24, 2.45) is 5.92 Å². The lowest BCUT2D eigenvalue weighted by Crippen LogP contribution is -2.27. The fourth-order valence-electron chi connectivity index (χ4n) is 3.73. The van der Waals surface area contributed by atoms with Gasteiger partial charge in [-0.2, -0.15) is 0 Å². The Morgan fingerprint density at radius 3 is 2.55 bits per heavy atom. The number of fused-ring (bicyclic) bond motifs is 1. The Kier molecular flexibility index (Phi) is 5.45. The number of nitrogens with one attached hydrogen (secondary N) is 1. The number of nitrogens with zero attached hydrogens (tertiary/aromatic N) is 1. The van der Waals surface area contributed by atoms with E-state index in [0.717, 1.165) is 29.3 Å². The third-order valence-electron chi connectivity index (χ3n) is 5.48. The second-order valence-electron chi connectivity index (χ2n) is 7.43. The zero-order valence-electron chi connectivity index (χ0n) is 16.2. The topological polar surface area (TPSA) is 60.3 Å². The summed E-state index contributed by atoms with van der Waals surface area (Å²) < 4.78 is 20.1. The van der Waals surface area contributed by atoms with E-state index < -0.39 is 0 Å². The van der Waals surface area contributed by atoms with Gasteiger partial charge in [0, 0.05) is 36.3 Å². The van der Waals surface area contributed by atoms with Crippen LogP contribution in [0, 0.1) is 11.7 Å². The highest BCUT2D eigenvalue weighted by atomic mass is 19.1. The Hall–Kier alpha value is -2.99. The maximum absolute atomic E-state index is 13.0. The van der Waals surface area contributed by atoms with E-state index in [2.05, 4.69) is 5.32 Å². The third-order valence-corrected chi connectivity index (χ3v) is 5.48. The Labute approximate surface area is 168 Å². The van der Waals surface area contributed by atoms with Crippen LogP contribution in [-0.4, -0.2) is 29.6 Å². The maximum Gasteiger partial charge on any atom is 0.251 e. The van der Waals surface area contributed by atoms with Crippen LogP contribution >= 0.6 is 0 Å². The number of carbonyl (C=O) groups excluding carboxylic acids is 2. The van der Waals surface area contributed by atoms with Gasteiger partial charge in [-0.05, 0) is 67.8 Å². The smallest absolute Gasteiger partial charge is 0.251 e. The van der Waals surface area contributed by atoms with Crippen molar-refractivity contribution in [2.45, 2.75) is 25.8 Å². The zero-order valence-corrected chi connectivity index (χ0v) is 16.2. The maximum atomic E-state index is 13.0. The number of hydrogen-bond donors (Lipinski definition) is 1. The predicted octanol–water partition coefficient (Wildman–Crippen LogP) is 4.34. The van der Waals surface area contributed by atoms with Gasteiger partial charge >= 0.3 is 0 Å². The number of aromatic nitrogens is 1. The second kappa shape index (κ2) is 8.17. The van der Waals surface area contributed by atoms with Crippen molar-refractivity contribution in [1.29, 1.82) is 0 Å². The molecule has 1 fully saturated rings. The quantitative estimate of drug-likeness (QED) is 0.716. The Balaban J connectivity index is 1.51. The molecule has 2 heterocycles. The van der Waals surface area contributed by atoms with Crippen LogP contribution in [0.25, 0.3) is 10.9 Å². The highest BCUT2D eigenvalue weighted by Crippen LogP contribution is 2.25. The highest BCUT2D eigenvalue weighted by Gasteiger charge is 2.24. The summed E-state index contributed by atoms with van der Waals surface area (Å²) in [5.74, 6) is -0.536. The lowest BCUT2D eigenvalue weighted by atomic mass is 9.99. The molecule has 1 N–H and O–H groups in total. The standard InChI is InChI=1S/C23H23FN2O3/c1-15(25-22(27)16-2-5-20(24)6-3-16)18-4-7-21-19(14-18)8-11-26(21)23(28)17-9-12-29-13-10-17/h2-8,11,14-15,17H,9-10,12-13H2,1H3,(H,25,27)/t15-/m1/s1. The summed E-state index contributed by atoms with van der Waals surface area (Å²) in [7, 11) is 0. The van der Waals surface area contributed by atoms with Crippen LogP contribution in [0.4, 0.5) is 4.39 Å². The van der Waals surface area contributed by atoms with Gasteiger partial charge in [0.1, 0.15) is 5.82 Å². The molecule has 0 bridgehead atoms. The second-order valence-corrected chi connectivity index (χ2v) is 7.43. The molecule has 3 aromatic rings. The molecule has 0 saturated carbocycles. The van der Waals surface area contributed by atoms with Crippen molar-refractivity contribution in [3.63, 3.8) is 0 Å². The van der Waals surface area contributed by atoms with Crippen molar-refractivity contribution in [1.82, 2.24) is 9.88 Å². The van der Waals surface area contributed by atoms with Crippen molar-refractivity contribution < 1.29 is 18.7 Å². The number of ether oxygens (including phenoxy) is 1. The van der Waals surface area contributed by atoms with Gasteiger partial charge in [0.15, 0.2) is 0 Å². The molecule has 1 aromatic heterocycles. The molecule has 29 heavy (non-hydrogen) atoms. The highest BCUT2D eigenvalue weighted by molar-refractivity contribution is 5.95. The summed E-state index contributed by atoms with van der Waals surface area (Å²) >= 11 is 0. The third kappa shape index (κ3) is 4.07. The number of benzene rings is 2. The van der Waals surface area contributed by atoms with Gasteiger partial charge in [-0.3, -0.25) is 14.2 Å². The van der Waals surface area contributed by atoms with Crippen LogP contribution in [-0.2, 0) is 4.74 Å². The number of amides is 1. The summed E-state index contributed by atoms with van der Waals surface area (Å²) in [6, 6.07) is 13.0. The molecule has 6 heteroatoms. The predicted molar refractivity (Wildman–Crippen MR) is 108 cm³/mol. The Morgan fingerprint density at radius 1 is 1.10 bits per heavy atom. The summed E-state index contributed by atoms with van der Waals surface area (Å²) in [6.45, 7) is 3.16. The van der Waals surface area contributed by atoms with Gasteiger partial charge < -0.3 is 10.1 Å². The Morgan fingerprint density at radius 2 is 1.83 bits per heavy atom. The van der Waals surface area contributed by atoms with Crippen molar-refractivity contribution >= 4 is 22.7 Å². The Bertz CT molecular complexity index is 1040. The van der Waals surface area contributed by atoms with Gasteiger partial charge in [0.2, 0.25) is 5.91 Å². The minimum atomic E-state index is -0.375. The van der Waals surface area contributed by atoms with Crippen LogP contribution < -0.4 is 5.32 Å². The van der Waals surface area contributed by atoms with Gasteiger partial charge in [0.05, 0.1) is 11.6 Å². The van der Waals surface area contributed by atoms with Crippen LogP contribution in [0.15, 0.2) is 54.7 Å². The van der Waals surface area contributed by atoms with Crippen LogP contribution in [0.1, 0.15) is 46.5 Å². The summed E-state index contributed by atoms with van der Waals surface area (Å²) in [6.07, 6.45) is 3.32. The van der Waals surface area contributed by atoms with Crippen LogP contribution in [0.5, 0.6) is 0 Å². The molecule has 1 aliphatic rings. The molecule has 0 radical (unpaired) electrons. The largest absolute Gasteiger partial charge is 0.381 e. The molecule has 0 spiro atoms. The first kappa shape index (κ1) is 19.3. The molecule has 1 atom stereocenters. The number of rotatable bonds is 4. The molecule has 0 aliphatic carbocycles. The van der Waals surface area contributed by atoms with Gasteiger partial charge in [-0.1, -0.05) is 6.07 Å². The van der Waals surface area contributed by atoms with Crippen LogP contribution in [0.3, 0.4) is 0 Å². The molecular formula is C23H23FN2O3. The lowest BCUT2D eigenvalue weighted by molar-refractivity contribution is 0.0490. The van der Waals surface area contributed by atoms with Gasteiger partial charge in [-0.25, -0.2) is 4.39 Å². The molecular weight excluding hydrogens is 371 g/mol. The molecule has 1 saturated heterocycles. The van der Waals surface area contributed by atoms with Gasteiger partial charge in [0.25, 0.3) is 5.91 Å². The van der Waals surface area contributed by atoms with E-state index in [9.17, 15) is 14.0 Å². The first-order valence-corrected chi connectivity index (χ1v) is 9.82. The molecule has 150 valence electrons. The SMILES string of the molecule is C[C@@H](NC(=O)c1ccc(F)cc1)c1ccc2c(ccn2C(=O)C2CCOCC2)c1. The molecule has 1 aliphatic heterocycles. The molecule has 2 aromatic carbocycles. The van der Waals surface area contributed by atoms with E-state index in [-0.39, 0.29) is 29.6 Å². The monoisotopic (exact) mass is 394 g/mol. The minimum Gasteiger partial charge on any atom is -0.381 e. The number of hydrogen-bond acceptors (Lipinski definition) is 3. The fraction of sp³-hybridized carbons (Fsp3) is 0.304. The average Bonchev–Trinajstić information content (AvgIpc) is 3.17. The fourth-order valence-corrected chi connectivity index (χ4v) is 3.73. The number of halogens is 1. The normalized spacial score (nSPS) is 15.9. The van der Waals surface area contributed by atoms with Gasteiger partial charge in [-0.15, -0.1) is 0 Å². The molecule has 1 amide bonds. The van der Waals surface area contributed by atoms with E-state index in [4.69, 9.17) is 4.74 Å². The van der Waals surface area contributed by atoms with Crippen molar-refractivity contribution in [3.05, 3.63) is 71.7 Å². The van der Waals surface area contributed by atoms with Crippen LogP contribution in [0.2, 0.25) is 0 Å². The average molecular weight is 394 g/mol. The first-order chi connectivity index (χ1) is 14.0. The summed E-state index contributed by atoms with van der Waals surface area (Å²) in [5.41, 5.74) is 2.21. The molecule has 5 nitrogen and oxygen atoms in total. The van der Waals surface area contributed by atoms with E-state index in [0.29, 0.717) is 18.8 Å². The lowest BCUT2D eigenvalue weighted by Gasteiger charge is -2.21. The zero-order chi connectivity index (χ0) is 20.4. The number of carbonyl (C=O) groups is 2. The van der Waals surface area contributed by atoms with E-state index in [1.807, 2.05) is 37.4 Å². The minimum absolute atomic E-state index is 0.00653. The molecule has 0 unspecified atom stereocenters. The summed E-state index contributed by atoms with van der Waals surface area (Å²) in [4.78, 5) is 25.2. The first-order valence-electron chi connectivity index (χ1n) is 9.82. The van der Waals surface area contributed by atoms with Crippen molar-refractivity contribution in [3.8, 4) is 0 Å². The van der Waals surface area contributed by atoms with E-state index in [1.165, 1.54) is 24.3 Å². The van der Waals surface area contributed by atoms with Crippen molar-refractivity contribution in [2.75, 3.05) is 13.2 Å². The molecule has 4 rings (SSSR count). The van der Waals surface area contributed by atoms with E-state index >= 15 is 0 Å². The van der Waals surface area contributed by atoms with E-state index in [1.54, 1.807) is 4.57 Å². The summed E-state index contributed by atoms with van der Waals surface area (Å²) in [5, 5.41) is 3.88.